The molecule has 1 rings (SSSR count). The van der Waals surface area contributed by atoms with Crippen LogP contribution in [0.4, 0.5) is 10.1 Å². The second kappa shape index (κ2) is 7.35. The zero-order valence-electron chi connectivity index (χ0n) is 10.4. The minimum Gasteiger partial charge on any atom is -0.481 e. The average molecular weight is 269 g/mol. The number of carboxylic acid groups (broad SMARTS) is 2. The number of carbonyl (C=O) groups is 2. The number of nitrogens with zero attached hydrogens (tertiary/aromatic N) is 1. The fourth-order valence-corrected chi connectivity index (χ4v) is 1.69. The first-order valence-electron chi connectivity index (χ1n) is 5.93. The summed E-state index contributed by atoms with van der Waals surface area (Å²) >= 11 is 0. The fraction of sp³-hybridized carbons (Fsp3) is 0.385. The molecule has 19 heavy (non-hydrogen) atoms. The summed E-state index contributed by atoms with van der Waals surface area (Å²) in [5.74, 6) is -2.26. The van der Waals surface area contributed by atoms with Crippen LogP contribution in [0.25, 0.3) is 0 Å². The summed E-state index contributed by atoms with van der Waals surface area (Å²) in [5.41, 5.74) is 0.562. The molecule has 6 heteroatoms. The van der Waals surface area contributed by atoms with E-state index in [9.17, 15) is 14.0 Å². The fourth-order valence-electron chi connectivity index (χ4n) is 1.69. The third-order valence-corrected chi connectivity index (χ3v) is 2.59. The van der Waals surface area contributed by atoms with Gasteiger partial charge in [-0.25, -0.2) is 4.39 Å². The number of carboxylic acids is 2. The Bertz CT molecular complexity index is 450. The van der Waals surface area contributed by atoms with Gasteiger partial charge in [0.05, 0.1) is 6.42 Å². The van der Waals surface area contributed by atoms with Gasteiger partial charge < -0.3 is 15.1 Å². The summed E-state index contributed by atoms with van der Waals surface area (Å²) in [4.78, 5) is 22.7. The van der Waals surface area contributed by atoms with Crippen LogP contribution in [0.2, 0.25) is 0 Å². The van der Waals surface area contributed by atoms with E-state index in [1.165, 1.54) is 18.2 Å². The predicted octanol–water partition coefficient (Wildman–Crippen LogP) is 1.97. The number of anilines is 1. The molecule has 0 saturated heterocycles. The van der Waals surface area contributed by atoms with Crippen molar-refractivity contribution in [1.82, 2.24) is 0 Å². The molecule has 0 unspecified atom stereocenters. The summed E-state index contributed by atoms with van der Waals surface area (Å²) < 4.78 is 13.1. The highest BCUT2D eigenvalue weighted by atomic mass is 19.1. The highest BCUT2D eigenvalue weighted by molar-refractivity contribution is 5.68. The molecular weight excluding hydrogens is 253 g/mol. The van der Waals surface area contributed by atoms with Gasteiger partial charge in [-0.05, 0) is 24.6 Å². The maximum absolute atomic E-state index is 13.1. The molecule has 0 amide bonds. The van der Waals surface area contributed by atoms with Crippen molar-refractivity contribution in [1.29, 1.82) is 0 Å². The van der Waals surface area contributed by atoms with Crippen molar-refractivity contribution in [3.63, 3.8) is 0 Å². The van der Waals surface area contributed by atoms with Crippen molar-refractivity contribution in [2.75, 3.05) is 18.0 Å². The average Bonchev–Trinajstić information content (AvgIpc) is 2.32. The molecule has 2 N–H and O–H groups in total. The van der Waals surface area contributed by atoms with Gasteiger partial charge in [-0.1, -0.05) is 6.07 Å². The minimum atomic E-state index is -0.945. The van der Waals surface area contributed by atoms with Gasteiger partial charge in [0.25, 0.3) is 0 Å². The van der Waals surface area contributed by atoms with Crippen LogP contribution in [0, 0.1) is 5.82 Å². The van der Waals surface area contributed by atoms with E-state index in [-0.39, 0.29) is 19.4 Å². The Labute approximate surface area is 110 Å². The van der Waals surface area contributed by atoms with Crippen LogP contribution in [-0.2, 0) is 9.59 Å². The molecule has 0 aromatic heterocycles. The lowest BCUT2D eigenvalue weighted by atomic mass is 10.2. The zero-order chi connectivity index (χ0) is 14.3. The van der Waals surface area contributed by atoms with Crippen LogP contribution in [0.3, 0.4) is 0 Å². The quantitative estimate of drug-likeness (QED) is 0.754. The molecule has 104 valence electrons. The molecule has 0 saturated carbocycles. The Morgan fingerprint density at radius 3 is 2.37 bits per heavy atom. The normalized spacial score (nSPS) is 10.2. The molecule has 0 heterocycles. The number of benzene rings is 1. The molecule has 1 aromatic rings. The van der Waals surface area contributed by atoms with Crippen LogP contribution in [-0.4, -0.2) is 35.2 Å². The second-order valence-corrected chi connectivity index (χ2v) is 4.11. The van der Waals surface area contributed by atoms with E-state index < -0.39 is 17.8 Å². The van der Waals surface area contributed by atoms with E-state index >= 15 is 0 Å². The summed E-state index contributed by atoms with van der Waals surface area (Å²) in [6, 6.07) is 5.82. The Balaban J connectivity index is 2.67. The lowest BCUT2D eigenvalue weighted by Crippen LogP contribution is -2.27. The van der Waals surface area contributed by atoms with Crippen LogP contribution >= 0.6 is 0 Å². The smallest absolute Gasteiger partial charge is 0.305 e. The van der Waals surface area contributed by atoms with Crippen LogP contribution in [0.5, 0.6) is 0 Å². The first kappa shape index (κ1) is 14.9. The maximum Gasteiger partial charge on any atom is 0.305 e. The van der Waals surface area contributed by atoms with Gasteiger partial charge in [-0.15, -0.1) is 0 Å². The highest BCUT2D eigenvalue weighted by Crippen LogP contribution is 2.16. The number of hydrogen-bond acceptors (Lipinski definition) is 3. The van der Waals surface area contributed by atoms with Crippen molar-refractivity contribution in [3.8, 4) is 0 Å². The van der Waals surface area contributed by atoms with E-state index in [4.69, 9.17) is 10.2 Å². The van der Waals surface area contributed by atoms with Crippen molar-refractivity contribution in [2.45, 2.75) is 19.3 Å². The van der Waals surface area contributed by atoms with Gasteiger partial charge in [0, 0.05) is 25.2 Å². The number of rotatable bonds is 8. The van der Waals surface area contributed by atoms with Crippen LogP contribution in [0.15, 0.2) is 24.3 Å². The molecule has 0 aliphatic carbocycles. The van der Waals surface area contributed by atoms with E-state index in [1.54, 1.807) is 11.0 Å². The largest absolute Gasteiger partial charge is 0.481 e. The van der Waals surface area contributed by atoms with Gasteiger partial charge in [0.1, 0.15) is 5.82 Å². The Kier molecular flexibility index (Phi) is 5.78. The Morgan fingerprint density at radius 2 is 1.79 bits per heavy atom. The molecule has 5 nitrogen and oxygen atoms in total. The highest BCUT2D eigenvalue weighted by Gasteiger charge is 2.10. The van der Waals surface area contributed by atoms with Crippen molar-refractivity contribution in [2.24, 2.45) is 0 Å². The Morgan fingerprint density at radius 1 is 1.11 bits per heavy atom. The molecule has 0 atom stereocenters. The van der Waals surface area contributed by atoms with E-state index in [1.807, 2.05) is 0 Å². The zero-order valence-corrected chi connectivity index (χ0v) is 10.4. The molecule has 0 aliphatic rings. The van der Waals surface area contributed by atoms with E-state index in [0.29, 0.717) is 18.7 Å². The first-order chi connectivity index (χ1) is 8.99. The summed E-state index contributed by atoms with van der Waals surface area (Å²) in [5, 5.41) is 17.3. The summed E-state index contributed by atoms with van der Waals surface area (Å²) in [7, 11) is 0. The van der Waals surface area contributed by atoms with Crippen LogP contribution < -0.4 is 4.90 Å². The van der Waals surface area contributed by atoms with Crippen LogP contribution in [0.1, 0.15) is 19.3 Å². The summed E-state index contributed by atoms with van der Waals surface area (Å²) in [6.45, 7) is 0.599. The molecule has 1 aromatic carbocycles. The predicted molar refractivity (Wildman–Crippen MR) is 67.7 cm³/mol. The number of halogens is 1. The van der Waals surface area contributed by atoms with Gasteiger partial charge in [-0.3, -0.25) is 9.59 Å². The van der Waals surface area contributed by atoms with Crippen molar-refractivity contribution >= 4 is 17.6 Å². The molecule has 0 fully saturated rings. The summed E-state index contributed by atoms with van der Waals surface area (Å²) in [6.07, 6.45) is 0.300. The monoisotopic (exact) mass is 269 g/mol. The molecule has 0 bridgehead atoms. The third-order valence-electron chi connectivity index (χ3n) is 2.59. The lowest BCUT2D eigenvalue weighted by Gasteiger charge is -2.24. The van der Waals surface area contributed by atoms with E-state index in [2.05, 4.69) is 0 Å². The van der Waals surface area contributed by atoms with Gasteiger partial charge >= 0.3 is 11.9 Å². The molecular formula is C13H16FNO4. The topological polar surface area (TPSA) is 77.8 Å². The SMILES string of the molecule is O=C(O)CCCN(CCC(=O)O)c1cccc(F)c1. The molecule has 0 spiro atoms. The standard InChI is InChI=1S/C13H16FNO4/c14-10-3-1-4-11(9-10)15(8-6-13(18)19)7-2-5-12(16)17/h1,3-4,9H,2,5-8H2,(H,16,17)(H,18,19). The first-order valence-corrected chi connectivity index (χ1v) is 5.93. The molecule has 0 radical (unpaired) electrons. The van der Waals surface area contributed by atoms with Gasteiger partial charge in [-0.2, -0.15) is 0 Å². The van der Waals surface area contributed by atoms with Crippen molar-refractivity contribution in [3.05, 3.63) is 30.1 Å². The molecule has 0 aliphatic heterocycles. The van der Waals surface area contributed by atoms with Crippen molar-refractivity contribution < 1.29 is 24.2 Å². The number of aliphatic carboxylic acids is 2. The third kappa shape index (κ3) is 5.85. The lowest BCUT2D eigenvalue weighted by molar-refractivity contribution is -0.138. The van der Waals surface area contributed by atoms with Gasteiger partial charge in [0.2, 0.25) is 0 Å². The van der Waals surface area contributed by atoms with E-state index in [0.717, 1.165) is 0 Å². The Hall–Kier alpha value is -2.11. The maximum atomic E-state index is 13.1. The second-order valence-electron chi connectivity index (χ2n) is 4.11. The van der Waals surface area contributed by atoms with Gasteiger partial charge in [0.15, 0.2) is 0 Å². The minimum absolute atomic E-state index is 0.00110. The number of hydrogen-bond donors (Lipinski definition) is 2.